The number of nitrogens with two attached hydrogens (primary N) is 1. The van der Waals surface area contributed by atoms with Crippen LogP contribution in [0.3, 0.4) is 0 Å². The van der Waals surface area contributed by atoms with Crippen LogP contribution in [-0.2, 0) is 9.53 Å². The van der Waals surface area contributed by atoms with Crippen LogP contribution in [0, 0.1) is 5.92 Å². The van der Waals surface area contributed by atoms with Crippen LogP contribution in [0.25, 0.3) is 0 Å². The number of hydrogen-bond acceptors (Lipinski definition) is 3. The Balaban J connectivity index is 1.95. The first-order valence-electron chi connectivity index (χ1n) is 7.78. The van der Waals surface area contributed by atoms with Crippen molar-refractivity contribution >= 4 is 11.6 Å². The van der Waals surface area contributed by atoms with Gasteiger partial charge in [0.25, 0.3) is 5.91 Å². The number of para-hydroxylation sites is 1. The molecule has 0 radical (unpaired) electrons. The van der Waals surface area contributed by atoms with Crippen LogP contribution < -0.4 is 11.1 Å². The van der Waals surface area contributed by atoms with Gasteiger partial charge in [-0.2, -0.15) is 0 Å². The summed E-state index contributed by atoms with van der Waals surface area (Å²) >= 11 is 0. The average Bonchev–Trinajstić information content (AvgIpc) is 2.48. The fraction of sp³-hybridized carbons (Fsp3) is 0.588. The van der Waals surface area contributed by atoms with Crippen molar-refractivity contribution in [2.45, 2.75) is 51.2 Å². The van der Waals surface area contributed by atoms with Gasteiger partial charge in [-0.3, -0.25) is 4.79 Å². The molecule has 2 rings (SSSR count). The van der Waals surface area contributed by atoms with Gasteiger partial charge in [0.05, 0.1) is 5.60 Å². The lowest BCUT2D eigenvalue weighted by atomic mass is 9.78. The maximum absolute atomic E-state index is 12.2. The Bertz CT molecular complexity index is 463. The van der Waals surface area contributed by atoms with E-state index in [0.29, 0.717) is 12.5 Å². The molecule has 0 saturated heterocycles. The number of carbonyl (C=O) groups is 1. The van der Waals surface area contributed by atoms with Crippen molar-refractivity contribution in [2.24, 2.45) is 11.7 Å². The van der Waals surface area contributed by atoms with Crippen LogP contribution in [0.2, 0.25) is 0 Å². The lowest BCUT2D eigenvalue weighted by molar-refractivity contribution is -0.146. The van der Waals surface area contributed by atoms with Gasteiger partial charge >= 0.3 is 0 Å². The van der Waals surface area contributed by atoms with Gasteiger partial charge in [-0.1, -0.05) is 38.0 Å². The van der Waals surface area contributed by atoms with Crippen molar-refractivity contribution in [3.05, 3.63) is 30.3 Å². The van der Waals surface area contributed by atoms with Gasteiger partial charge in [0.15, 0.2) is 0 Å². The molecule has 3 N–H and O–H groups in total. The van der Waals surface area contributed by atoms with E-state index in [2.05, 4.69) is 12.2 Å². The second-order valence-electron chi connectivity index (χ2n) is 6.20. The van der Waals surface area contributed by atoms with Gasteiger partial charge in [0, 0.05) is 12.2 Å². The molecule has 0 spiro atoms. The zero-order chi connectivity index (χ0) is 15.3. The van der Waals surface area contributed by atoms with Crippen LogP contribution in [0.15, 0.2) is 30.3 Å². The number of carbonyl (C=O) groups excluding carboxylic acids is 1. The topological polar surface area (TPSA) is 64.3 Å². The van der Waals surface area contributed by atoms with E-state index in [9.17, 15) is 4.79 Å². The lowest BCUT2D eigenvalue weighted by Crippen LogP contribution is -2.48. The molecule has 1 aliphatic rings. The summed E-state index contributed by atoms with van der Waals surface area (Å²) in [7, 11) is 0. The summed E-state index contributed by atoms with van der Waals surface area (Å²) in [6.07, 6.45) is 3.71. The Hall–Kier alpha value is -1.39. The van der Waals surface area contributed by atoms with Crippen LogP contribution in [0.4, 0.5) is 5.69 Å². The molecular formula is C17H26N2O2. The van der Waals surface area contributed by atoms with Gasteiger partial charge in [0.1, 0.15) is 6.10 Å². The number of hydrogen-bond donors (Lipinski definition) is 2. The van der Waals surface area contributed by atoms with Gasteiger partial charge in [-0.25, -0.2) is 0 Å². The fourth-order valence-corrected chi connectivity index (χ4v) is 3.15. The average molecular weight is 290 g/mol. The minimum absolute atomic E-state index is 0.118. The number of amides is 1. The highest BCUT2D eigenvalue weighted by atomic mass is 16.5. The number of nitrogens with one attached hydrogen (secondary N) is 1. The van der Waals surface area contributed by atoms with Crippen LogP contribution in [0.5, 0.6) is 0 Å². The Labute approximate surface area is 127 Å². The van der Waals surface area contributed by atoms with Crippen molar-refractivity contribution in [1.82, 2.24) is 0 Å². The lowest BCUT2D eigenvalue weighted by Gasteiger charge is -2.40. The van der Waals surface area contributed by atoms with Crippen molar-refractivity contribution in [1.29, 1.82) is 0 Å². The normalized spacial score (nSPS) is 27.1. The minimum Gasteiger partial charge on any atom is -0.361 e. The molecule has 0 heterocycles. The molecule has 3 unspecified atom stereocenters. The standard InChI is InChI=1S/C17H26N2O2/c1-13-7-6-10-17(11-13,12-18)21-14(2)16(20)19-15-8-4-3-5-9-15/h3-5,8-9,13-14H,6-7,10-12,18H2,1-2H3,(H,19,20). The maximum Gasteiger partial charge on any atom is 0.253 e. The highest BCUT2D eigenvalue weighted by Crippen LogP contribution is 2.35. The monoisotopic (exact) mass is 290 g/mol. The minimum atomic E-state index is -0.501. The molecule has 4 nitrogen and oxygen atoms in total. The second kappa shape index (κ2) is 7.05. The third kappa shape index (κ3) is 4.29. The summed E-state index contributed by atoms with van der Waals surface area (Å²) in [5.41, 5.74) is 6.39. The second-order valence-corrected chi connectivity index (χ2v) is 6.20. The summed E-state index contributed by atoms with van der Waals surface area (Å²) in [4.78, 5) is 12.2. The fourth-order valence-electron chi connectivity index (χ4n) is 3.15. The number of rotatable bonds is 5. The molecule has 1 amide bonds. The number of ether oxygens (including phenoxy) is 1. The first-order valence-corrected chi connectivity index (χ1v) is 7.78. The van der Waals surface area contributed by atoms with E-state index in [1.807, 2.05) is 30.3 Å². The Morgan fingerprint density at radius 2 is 2.19 bits per heavy atom. The summed E-state index contributed by atoms with van der Waals surface area (Å²) in [5.74, 6) is 0.485. The summed E-state index contributed by atoms with van der Waals surface area (Å²) < 4.78 is 6.10. The summed E-state index contributed by atoms with van der Waals surface area (Å²) in [6.45, 7) is 4.50. The Kier molecular flexibility index (Phi) is 5.37. The predicted octanol–water partition coefficient (Wildman–Crippen LogP) is 2.94. The maximum atomic E-state index is 12.2. The van der Waals surface area contributed by atoms with E-state index < -0.39 is 6.10 Å². The van der Waals surface area contributed by atoms with Crippen molar-refractivity contribution in [3.8, 4) is 0 Å². The molecular weight excluding hydrogens is 264 g/mol. The highest BCUT2D eigenvalue weighted by molar-refractivity contribution is 5.93. The third-order valence-corrected chi connectivity index (χ3v) is 4.26. The smallest absolute Gasteiger partial charge is 0.253 e. The van der Waals surface area contributed by atoms with E-state index in [1.165, 1.54) is 6.42 Å². The van der Waals surface area contributed by atoms with Crippen molar-refractivity contribution in [2.75, 3.05) is 11.9 Å². The third-order valence-electron chi connectivity index (χ3n) is 4.26. The first kappa shape index (κ1) is 16.0. The largest absolute Gasteiger partial charge is 0.361 e. The van der Waals surface area contributed by atoms with E-state index in [4.69, 9.17) is 10.5 Å². The molecule has 0 aromatic heterocycles. The molecule has 0 bridgehead atoms. The Morgan fingerprint density at radius 1 is 1.48 bits per heavy atom. The molecule has 1 aromatic rings. The summed E-state index contributed by atoms with van der Waals surface area (Å²) in [5, 5.41) is 2.88. The SMILES string of the molecule is CC1CCCC(CN)(OC(C)C(=O)Nc2ccccc2)C1. The molecule has 3 atom stereocenters. The molecule has 0 aliphatic heterocycles. The van der Waals surface area contributed by atoms with Crippen LogP contribution in [-0.4, -0.2) is 24.2 Å². The van der Waals surface area contributed by atoms with E-state index >= 15 is 0 Å². The molecule has 116 valence electrons. The zero-order valence-electron chi connectivity index (χ0n) is 13.0. The summed E-state index contributed by atoms with van der Waals surface area (Å²) in [6, 6.07) is 9.44. The molecule has 1 aliphatic carbocycles. The number of benzene rings is 1. The van der Waals surface area contributed by atoms with Gasteiger partial charge < -0.3 is 15.8 Å². The quantitative estimate of drug-likeness (QED) is 0.876. The molecule has 1 aromatic carbocycles. The molecule has 21 heavy (non-hydrogen) atoms. The van der Waals surface area contributed by atoms with Crippen LogP contribution in [0.1, 0.15) is 39.5 Å². The molecule has 1 fully saturated rings. The van der Waals surface area contributed by atoms with E-state index in [-0.39, 0.29) is 11.5 Å². The predicted molar refractivity (Wildman–Crippen MR) is 85.0 cm³/mol. The molecule has 4 heteroatoms. The number of anilines is 1. The van der Waals surface area contributed by atoms with Gasteiger partial charge in [-0.15, -0.1) is 0 Å². The zero-order valence-corrected chi connectivity index (χ0v) is 13.0. The van der Waals surface area contributed by atoms with Gasteiger partial charge in [0.2, 0.25) is 0 Å². The van der Waals surface area contributed by atoms with E-state index in [0.717, 1.165) is 24.9 Å². The van der Waals surface area contributed by atoms with Gasteiger partial charge in [-0.05, 0) is 37.8 Å². The first-order chi connectivity index (χ1) is 10.0. The van der Waals surface area contributed by atoms with E-state index in [1.54, 1.807) is 6.92 Å². The highest BCUT2D eigenvalue weighted by Gasteiger charge is 2.37. The molecule has 1 saturated carbocycles. The van der Waals surface area contributed by atoms with Crippen molar-refractivity contribution in [3.63, 3.8) is 0 Å². The van der Waals surface area contributed by atoms with Crippen molar-refractivity contribution < 1.29 is 9.53 Å². The van der Waals surface area contributed by atoms with Crippen LogP contribution >= 0.6 is 0 Å². The Morgan fingerprint density at radius 3 is 2.81 bits per heavy atom.